The molecule has 1 fully saturated rings. The highest BCUT2D eigenvalue weighted by Gasteiger charge is 2.25. The van der Waals surface area contributed by atoms with Crippen molar-refractivity contribution < 1.29 is 29.2 Å². The Morgan fingerprint density at radius 1 is 1.36 bits per heavy atom. The van der Waals surface area contributed by atoms with Gasteiger partial charge >= 0.3 is 5.97 Å². The molecule has 1 saturated heterocycles. The number of amides is 2. The highest BCUT2D eigenvalue weighted by Crippen LogP contribution is 2.28. The maximum Gasteiger partial charge on any atom is 0.303 e. The summed E-state index contributed by atoms with van der Waals surface area (Å²) in [6.07, 6.45) is 2.20. The SMILES string of the molecule is O=C(O)CCCCOc1ccc([N+](=O)[O-])c(/C=C2\CC(=O)NC2=O)c1. The van der Waals surface area contributed by atoms with E-state index < -0.39 is 22.7 Å². The van der Waals surface area contributed by atoms with E-state index >= 15 is 0 Å². The molecule has 0 atom stereocenters. The molecule has 2 amide bonds. The minimum atomic E-state index is -0.881. The van der Waals surface area contributed by atoms with E-state index in [1.807, 2.05) is 0 Å². The van der Waals surface area contributed by atoms with E-state index in [1.165, 1.54) is 24.3 Å². The van der Waals surface area contributed by atoms with Crippen molar-refractivity contribution in [1.82, 2.24) is 5.32 Å². The predicted molar refractivity (Wildman–Crippen MR) is 85.8 cm³/mol. The van der Waals surface area contributed by atoms with Crippen LogP contribution in [0.15, 0.2) is 23.8 Å². The lowest BCUT2D eigenvalue weighted by Gasteiger charge is -2.07. The number of benzene rings is 1. The topological polar surface area (TPSA) is 136 Å². The Hall–Kier alpha value is -3.23. The Morgan fingerprint density at radius 2 is 2.12 bits per heavy atom. The van der Waals surface area contributed by atoms with Crippen molar-refractivity contribution in [3.05, 3.63) is 39.4 Å². The Kier molecular flexibility index (Phi) is 5.83. The number of nitro benzene ring substituents is 1. The Morgan fingerprint density at radius 3 is 2.72 bits per heavy atom. The maximum atomic E-state index is 11.6. The zero-order valence-electron chi connectivity index (χ0n) is 13.2. The number of imide groups is 1. The van der Waals surface area contributed by atoms with Crippen LogP contribution < -0.4 is 10.1 Å². The first kappa shape index (κ1) is 18.1. The Labute approximate surface area is 142 Å². The van der Waals surface area contributed by atoms with Crippen LogP contribution in [0.1, 0.15) is 31.2 Å². The molecule has 1 aromatic rings. The zero-order valence-corrected chi connectivity index (χ0v) is 13.2. The minimum absolute atomic E-state index is 0.0457. The zero-order chi connectivity index (χ0) is 18.4. The van der Waals surface area contributed by atoms with Crippen molar-refractivity contribution in [2.24, 2.45) is 0 Å². The first-order chi connectivity index (χ1) is 11.9. The number of ether oxygens (including phenoxy) is 1. The number of nitrogens with zero attached hydrogens (tertiary/aromatic N) is 1. The standard InChI is InChI=1S/C16H16N2O7/c19-14-9-11(16(22)17-14)7-10-8-12(4-5-13(10)18(23)24)25-6-2-1-3-15(20)21/h4-5,7-8H,1-3,6,9H2,(H,20,21)(H,17,19,22)/b11-7+. The highest BCUT2D eigenvalue weighted by molar-refractivity contribution is 6.15. The summed E-state index contributed by atoms with van der Waals surface area (Å²) < 4.78 is 5.46. The van der Waals surface area contributed by atoms with Gasteiger partial charge in [-0.25, -0.2) is 0 Å². The van der Waals surface area contributed by atoms with E-state index in [0.717, 1.165) is 0 Å². The molecule has 0 aliphatic carbocycles. The molecule has 0 radical (unpaired) electrons. The fourth-order valence-electron chi connectivity index (χ4n) is 2.28. The summed E-state index contributed by atoms with van der Waals surface area (Å²) in [6, 6.07) is 4.10. The van der Waals surface area contributed by atoms with Crippen LogP contribution in [0.2, 0.25) is 0 Å². The molecular formula is C16H16N2O7. The van der Waals surface area contributed by atoms with Gasteiger partial charge in [0.1, 0.15) is 5.75 Å². The van der Waals surface area contributed by atoms with Crippen LogP contribution in [0.3, 0.4) is 0 Å². The molecule has 0 spiro atoms. The largest absolute Gasteiger partial charge is 0.494 e. The number of carbonyl (C=O) groups is 3. The molecule has 0 saturated carbocycles. The van der Waals surface area contributed by atoms with Gasteiger partial charge in [-0.1, -0.05) is 0 Å². The third-order valence-electron chi connectivity index (χ3n) is 3.47. The number of hydrogen-bond donors (Lipinski definition) is 2. The molecule has 1 aromatic carbocycles. The van der Waals surface area contributed by atoms with Crippen molar-refractivity contribution in [2.45, 2.75) is 25.7 Å². The fourth-order valence-corrected chi connectivity index (χ4v) is 2.28. The number of carboxylic acid groups (broad SMARTS) is 1. The van der Waals surface area contributed by atoms with Crippen LogP contribution >= 0.6 is 0 Å². The summed E-state index contributed by atoms with van der Waals surface area (Å²) in [7, 11) is 0. The average Bonchev–Trinajstić information content (AvgIpc) is 2.84. The number of rotatable bonds is 8. The Bertz CT molecular complexity index is 755. The second-order valence-electron chi connectivity index (χ2n) is 5.40. The van der Waals surface area contributed by atoms with Gasteiger partial charge in [0.05, 0.1) is 23.5 Å². The van der Waals surface area contributed by atoms with Gasteiger partial charge in [0.15, 0.2) is 0 Å². The average molecular weight is 348 g/mol. The monoisotopic (exact) mass is 348 g/mol. The van der Waals surface area contributed by atoms with Crippen molar-refractivity contribution in [1.29, 1.82) is 0 Å². The lowest BCUT2D eigenvalue weighted by atomic mass is 10.1. The molecule has 132 valence electrons. The quantitative estimate of drug-likeness (QED) is 0.240. The molecule has 0 bridgehead atoms. The van der Waals surface area contributed by atoms with Crippen molar-refractivity contribution in [3.63, 3.8) is 0 Å². The fraction of sp³-hybridized carbons (Fsp3) is 0.312. The van der Waals surface area contributed by atoms with Crippen LogP contribution in [0.4, 0.5) is 5.69 Å². The summed E-state index contributed by atoms with van der Waals surface area (Å²) in [5, 5.41) is 21.8. The van der Waals surface area contributed by atoms with Gasteiger partial charge in [-0.3, -0.25) is 29.8 Å². The summed E-state index contributed by atoms with van der Waals surface area (Å²) in [4.78, 5) is 43.8. The first-order valence-electron chi connectivity index (χ1n) is 7.54. The number of unbranched alkanes of at least 4 members (excludes halogenated alkanes) is 1. The second-order valence-corrected chi connectivity index (χ2v) is 5.40. The summed E-state index contributed by atoms with van der Waals surface area (Å²) in [5.74, 6) is -1.55. The second kappa shape index (κ2) is 8.04. The highest BCUT2D eigenvalue weighted by atomic mass is 16.6. The van der Waals surface area contributed by atoms with Crippen molar-refractivity contribution >= 4 is 29.5 Å². The lowest BCUT2D eigenvalue weighted by molar-refractivity contribution is -0.385. The van der Waals surface area contributed by atoms with E-state index in [9.17, 15) is 24.5 Å². The van der Waals surface area contributed by atoms with Gasteiger partial charge < -0.3 is 9.84 Å². The van der Waals surface area contributed by atoms with Crippen molar-refractivity contribution in [3.8, 4) is 5.75 Å². The van der Waals surface area contributed by atoms with Gasteiger partial charge in [0.2, 0.25) is 5.91 Å². The summed E-state index contributed by atoms with van der Waals surface area (Å²) in [5.41, 5.74) is 0.0949. The van der Waals surface area contributed by atoms with Crippen LogP contribution in [0.5, 0.6) is 5.75 Å². The number of carboxylic acids is 1. The molecule has 9 nitrogen and oxygen atoms in total. The van der Waals surface area contributed by atoms with Crippen LogP contribution in [-0.4, -0.2) is 34.4 Å². The van der Waals surface area contributed by atoms with Crippen LogP contribution in [0.25, 0.3) is 6.08 Å². The molecule has 25 heavy (non-hydrogen) atoms. The summed E-state index contributed by atoms with van der Waals surface area (Å²) >= 11 is 0. The van der Waals surface area contributed by atoms with Gasteiger partial charge in [-0.15, -0.1) is 0 Å². The Balaban J connectivity index is 2.12. The predicted octanol–water partition coefficient (Wildman–Crippen LogP) is 1.66. The van der Waals surface area contributed by atoms with E-state index in [-0.39, 0.29) is 36.3 Å². The van der Waals surface area contributed by atoms with E-state index in [0.29, 0.717) is 18.6 Å². The third kappa shape index (κ3) is 5.13. The molecule has 2 N–H and O–H groups in total. The van der Waals surface area contributed by atoms with E-state index in [2.05, 4.69) is 5.32 Å². The third-order valence-corrected chi connectivity index (χ3v) is 3.47. The smallest absolute Gasteiger partial charge is 0.303 e. The van der Waals surface area contributed by atoms with Gasteiger partial charge in [-0.2, -0.15) is 0 Å². The number of aliphatic carboxylic acids is 1. The number of hydrogen-bond acceptors (Lipinski definition) is 6. The van der Waals surface area contributed by atoms with Crippen molar-refractivity contribution in [2.75, 3.05) is 6.61 Å². The van der Waals surface area contributed by atoms with Gasteiger partial charge in [-0.05, 0) is 31.1 Å². The molecule has 1 heterocycles. The number of carbonyl (C=O) groups excluding carboxylic acids is 2. The molecule has 1 aliphatic rings. The molecule has 0 aromatic heterocycles. The molecular weight excluding hydrogens is 332 g/mol. The van der Waals surface area contributed by atoms with Crippen LogP contribution in [-0.2, 0) is 14.4 Å². The normalized spacial score (nSPS) is 15.3. The van der Waals surface area contributed by atoms with Gasteiger partial charge in [0.25, 0.3) is 11.6 Å². The number of nitrogens with one attached hydrogen (secondary N) is 1. The first-order valence-corrected chi connectivity index (χ1v) is 7.54. The molecule has 9 heteroatoms. The minimum Gasteiger partial charge on any atom is -0.494 e. The van der Waals surface area contributed by atoms with Gasteiger partial charge in [0, 0.05) is 18.1 Å². The van der Waals surface area contributed by atoms with Crippen LogP contribution in [0, 0.1) is 10.1 Å². The molecule has 2 rings (SSSR count). The number of nitro groups is 1. The molecule has 1 aliphatic heterocycles. The molecule has 0 unspecified atom stereocenters. The maximum absolute atomic E-state index is 11.6. The lowest BCUT2D eigenvalue weighted by Crippen LogP contribution is -2.19. The van der Waals surface area contributed by atoms with E-state index in [4.69, 9.17) is 9.84 Å². The van der Waals surface area contributed by atoms with E-state index in [1.54, 1.807) is 0 Å². The summed E-state index contributed by atoms with van der Waals surface area (Å²) in [6.45, 7) is 0.264.